The number of anilines is 1. The summed E-state index contributed by atoms with van der Waals surface area (Å²) in [6.45, 7) is 2.74. The van der Waals surface area contributed by atoms with Crippen LogP contribution in [0.1, 0.15) is 30.4 Å². The van der Waals surface area contributed by atoms with E-state index in [1.165, 1.54) is 19.5 Å². The number of amides is 2. The number of carbonyl (C=O) groups is 2. The van der Waals surface area contributed by atoms with Crippen LogP contribution in [0.15, 0.2) is 59.9 Å². The Morgan fingerprint density at radius 3 is 2.82 bits per heavy atom. The third-order valence-corrected chi connectivity index (χ3v) is 6.85. The van der Waals surface area contributed by atoms with Crippen molar-refractivity contribution in [2.45, 2.75) is 51.9 Å². The van der Waals surface area contributed by atoms with Gasteiger partial charge in [-0.15, -0.1) is 0 Å². The van der Waals surface area contributed by atoms with Crippen molar-refractivity contribution in [3.05, 3.63) is 82.6 Å². The standard InChI is InChI=1S/C27H29N7O4/c1-18-6-7-20-21(34(18)27(37)38-2)8-9-22-26(20)31-23(11-14-32-13-4-3-5-25(32)36)33(22)16-24(35)29-15-19-10-12-28-17-30-19/h3-5,8-10,12-13,17-18H,6-7,11,14-16H2,1-2H3,(H,29,35)/t18-/m0/s1. The molecule has 0 unspecified atom stereocenters. The molecule has 1 aliphatic rings. The molecule has 0 aliphatic carbocycles. The van der Waals surface area contributed by atoms with Crippen molar-refractivity contribution < 1.29 is 14.3 Å². The lowest BCUT2D eigenvalue weighted by Crippen LogP contribution is -2.42. The summed E-state index contributed by atoms with van der Waals surface area (Å²) < 4.78 is 8.55. The summed E-state index contributed by atoms with van der Waals surface area (Å²) in [4.78, 5) is 52.5. The predicted molar refractivity (Wildman–Crippen MR) is 141 cm³/mol. The summed E-state index contributed by atoms with van der Waals surface area (Å²) in [5, 5.41) is 2.91. The highest BCUT2D eigenvalue weighted by Crippen LogP contribution is 2.36. The molecule has 1 atom stereocenters. The maximum absolute atomic E-state index is 13.0. The molecular weight excluding hydrogens is 486 g/mol. The number of methoxy groups -OCH3 is 1. The summed E-state index contributed by atoms with van der Waals surface area (Å²) in [5.41, 5.74) is 3.88. The Bertz CT molecular complexity index is 1530. The second-order valence-corrected chi connectivity index (χ2v) is 9.23. The predicted octanol–water partition coefficient (Wildman–Crippen LogP) is 2.45. The van der Waals surface area contributed by atoms with E-state index in [-0.39, 0.29) is 30.6 Å². The molecule has 0 saturated heterocycles. The summed E-state index contributed by atoms with van der Waals surface area (Å²) in [6, 6.07) is 10.6. The van der Waals surface area contributed by atoms with Crippen LogP contribution < -0.4 is 15.8 Å². The molecule has 1 N–H and O–H groups in total. The molecule has 2 amide bonds. The van der Waals surface area contributed by atoms with Gasteiger partial charge in [0.05, 0.1) is 36.1 Å². The number of hydrogen-bond acceptors (Lipinski definition) is 7. The number of rotatable bonds is 7. The SMILES string of the molecule is COC(=O)N1c2ccc3c(nc(CCn4ccccc4=O)n3CC(=O)NCc3ccncn3)c2CC[C@@H]1C. The molecule has 4 heterocycles. The summed E-state index contributed by atoms with van der Waals surface area (Å²) in [7, 11) is 1.38. The van der Waals surface area contributed by atoms with Crippen molar-refractivity contribution in [2.75, 3.05) is 12.0 Å². The number of ether oxygens (including phenoxy) is 1. The van der Waals surface area contributed by atoms with Crippen LogP contribution in [0.2, 0.25) is 0 Å². The van der Waals surface area contributed by atoms with Crippen molar-refractivity contribution in [1.29, 1.82) is 0 Å². The van der Waals surface area contributed by atoms with Crippen LogP contribution in [0.5, 0.6) is 0 Å². The Labute approximate surface area is 219 Å². The van der Waals surface area contributed by atoms with Gasteiger partial charge in [-0.2, -0.15) is 0 Å². The largest absolute Gasteiger partial charge is 0.452 e. The number of aryl methyl sites for hydroxylation is 3. The number of pyridine rings is 1. The van der Waals surface area contributed by atoms with Crippen LogP contribution in [0.25, 0.3) is 11.0 Å². The van der Waals surface area contributed by atoms with Gasteiger partial charge in [0.15, 0.2) is 0 Å². The van der Waals surface area contributed by atoms with Gasteiger partial charge in [0.1, 0.15) is 18.7 Å². The molecule has 0 radical (unpaired) electrons. The molecule has 0 spiro atoms. The van der Waals surface area contributed by atoms with Crippen LogP contribution in [0, 0.1) is 0 Å². The number of hydrogen-bond donors (Lipinski definition) is 1. The third kappa shape index (κ3) is 4.99. The fourth-order valence-electron chi connectivity index (χ4n) is 4.90. The van der Waals surface area contributed by atoms with Gasteiger partial charge >= 0.3 is 6.09 Å². The monoisotopic (exact) mass is 515 g/mol. The Kier molecular flexibility index (Phi) is 7.16. The molecule has 0 bridgehead atoms. The highest BCUT2D eigenvalue weighted by atomic mass is 16.5. The summed E-state index contributed by atoms with van der Waals surface area (Å²) in [5.74, 6) is 0.494. The van der Waals surface area contributed by atoms with E-state index in [1.807, 2.05) is 29.7 Å². The number of imidazole rings is 1. The molecule has 3 aromatic heterocycles. The molecule has 5 rings (SSSR count). The first-order valence-electron chi connectivity index (χ1n) is 12.5. The maximum atomic E-state index is 13.0. The first kappa shape index (κ1) is 25.1. The van der Waals surface area contributed by atoms with E-state index < -0.39 is 6.09 Å². The maximum Gasteiger partial charge on any atom is 0.414 e. The van der Waals surface area contributed by atoms with Gasteiger partial charge in [-0.25, -0.2) is 19.7 Å². The second kappa shape index (κ2) is 10.8. The van der Waals surface area contributed by atoms with Crippen molar-refractivity contribution in [3.8, 4) is 0 Å². The smallest absolute Gasteiger partial charge is 0.414 e. The fourth-order valence-corrected chi connectivity index (χ4v) is 4.90. The number of nitrogens with one attached hydrogen (secondary N) is 1. The zero-order valence-corrected chi connectivity index (χ0v) is 21.3. The molecule has 0 fully saturated rings. The molecule has 4 aromatic rings. The van der Waals surface area contributed by atoms with E-state index in [2.05, 4.69) is 15.3 Å². The third-order valence-electron chi connectivity index (χ3n) is 6.85. The number of fused-ring (bicyclic) bond motifs is 3. The first-order chi connectivity index (χ1) is 18.5. The van der Waals surface area contributed by atoms with Crippen molar-refractivity contribution >= 4 is 28.7 Å². The topological polar surface area (TPSA) is 124 Å². The Morgan fingerprint density at radius 2 is 2.05 bits per heavy atom. The van der Waals surface area contributed by atoms with Gasteiger partial charge in [-0.05, 0) is 44.0 Å². The molecule has 0 saturated carbocycles. The van der Waals surface area contributed by atoms with Crippen LogP contribution in [-0.4, -0.2) is 49.2 Å². The lowest BCUT2D eigenvalue weighted by atomic mass is 9.96. The Morgan fingerprint density at radius 1 is 1.18 bits per heavy atom. The molecule has 196 valence electrons. The van der Waals surface area contributed by atoms with Gasteiger partial charge in [0.25, 0.3) is 5.56 Å². The molecule has 11 nitrogen and oxygen atoms in total. The number of nitrogens with zero attached hydrogens (tertiary/aromatic N) is 6. The minimum absolute atomic E-state index is 0.00788. The van der Waals surface area contributed by atoms with Gasteiger partial charge in [0, 0.05) is 43.0 Å². The number of aromatic nitrogens is 5. The highest BCUT2D eigenvalue weighted by molar-refractivity contribution is 5.95. The average Bonchev–Trinajstić information content (AvgIpc) is 3.28. The average molecular weight is 516 g/mol. The molecule has 38 heavy (non-hydrogen) atoms. The van der Waals surface area contributed by atoms with Crippen molar-refractivity contribution in [2.24, 2.45) is 0 Å². The number of carbonyl (C=O) groups excluding carboxylic acids is 2. The Balaban J connectivity index is 1.50. The van der Waals surface area contributed by atoms with E-state index in [0.717, 1.165) is 35.1 Å². The van der Waals surface area contributed by atoms with Crippen LogP contribution >= 0.6 is 0 Å². The summed E-state index contributed by atoms with van der Waals surface area (Å²) >= 11 is 0. The van der Waals surface area contributed by atoms with Crippen LogP contribution in [0.3, 0.4) is 0 Å². The second-order valence-electron chi connectivity index (χ2n) is 9.23. The molecule has 1 aromatic carbocycles. The molecular formula is C27H29N7O4. The fraction of sp³-hybridized carbons (Fsp3) is 0.333. The van der Waals surface area contributed by atoms with Crippen LogP contribution in [-0.2, 0) is 42.0 Å². The lowest BCUT2D eigenvalue weighted by Gasteiger charge is -2.34. The zero-order valence-electron chi connectivity index (χ0n) is 21.3. The van der Waals surface area contributed by atoms with E-state index in [0.29, 0.717) is 24.5 Å². The normalized spacial score (nSPS) is 14.8. The van der Waals surface area contributed by atoms with Gasteiger partial charge in [0.2, 0.25) is 5.91 Å². The van der Waals surface area contributed by atoms with E-state index >= 15 is 0 Å². The van der Waals surface area contributed by atoms with Crippen molar-refractivity contribution in [1.82, 2.24) is 29.4 Å². The van der Waals surface area contributed by atoms with Gasteiger partial charge < -0.3 is 19.2 Å². The van der Waals surface area contributed by atoms with E-state index in [9.17, 15) is 14.4 Å². The first-order valence-corrected chi connectivity index (χ1v) is 12.5. The van der Waals surface area contributed by atoms with Crippen LogP contribution in [0.4, 0.5) is 10.5 Å². The lowest BCUT2D eigenvalue weighted by molar-refractivity contribution is -0.121. The van der Waals surface area contributed by atoms with Gasteiger partial charge in [-0.3, -0.25) is 14.5 Å². The summed E-state index contributed by atoms with van der Waals surface area (Å²) in [6.07, 6.45) is 6.35. The highest BCUT2D eigenvalue weighted by Gasteiger charge is 2.31. The number of benzene rings is 1. The van der Waals surface area contributed by atoms with E-state index in [4.69, 9.17) is 9.72 Å². The van der Waals surface area contributed by atoms with Crippen molar-refractivity contribution in [3.63, 3.8) is 0 Å². The quantitative estimate of drug-likeness (QED) is 0.401. The zero-order chi connectivity index (χ0) is 26.6. The Hall–Kier alpha value is -4.54. The molecule has 1 aliphatic heterocycles. The van der Waals surface area contributed by atoms with E-state index in [1.54, 1.807) is 34.0 Å². The molecule has 11 heteroatoms. The minimum atomic E-state index is -0.412. The van der Waals surface area contributed by atoms with Gasteiger partial charge in [-0.1, -0.05) is 6.07 Å². The minimum Gasteiger partial charge on any atom is -0.452 e.